The first-order chi connectivity index (χ1) is 21.8. The van der Waals surface area contributed by atoms with Gasteiger partial charge in [0.05, 0.1) is 51.1 Å². The van der Waals surface area contributed by atoms with Crippen LogP contribution in [0.4, 0.5) is 13.2 Å². The number of para-hydroxylation sites is 2. The van der Waals surface area contributed by atoms with Crippen molar-refractivity contribution in [3.8, 4) is 28.7 Å². The summed E-state index contributed by atoms with van der Waals surface area (Å²) in [5.41, 5.74) is 7.04. The highest BCUT2D eigenvalue weighted by atomic mass is 19.4. The van der Waals surface area contributed by atoms with Crippen LogP contribution in [0.25, 0.3) is 66.2 Å². The molecule has 7 heteroatoms. The maximum Gasteiger partial charge on any atom is 0.416 e. The van der Waals surface area contributed by atoms with E-state index < -0.39 is 11.7 Å². The van der Waals surface area contributed by atoms with Crippen molar-refractivity contribution in [2.75, 3.05) is 0 Å². The lowest BCUT2D eigenvalue weighted by atomic mass is 10.0. The van der Waals surface area contributed by atoms with E-state index in [9.17, 15) is 18.4 Å². The van der Waals surface area contributed by atoms with Gasteiger partial charge in [0.15, 0.2) is 0 Å². The molecule has 0 saturated carbocycles. The largest absolute Gasteiger partial charge is 0.416 e. The molecule has 0 bridgehead atoms. The molecule has 4 nitrogen and oxygen atoms in total. The summed E-state index contributed by atoms with van der Waals surface area (Å²) in [6.07, 6.45) is -2.62. The number of pyridine rings is 1. The van der Waals surface area contributed by atoms with Crippen LogP contribution >= 0.6 is 0 Å². The molecule has 0 aliphatic rings. The van der Waals surface area contributed by atoms with Gasteiger partial charge in [-0.15, -0.1) is 0 Å². The lowest BCUT2D eigenvalue weighted by molar-refractivity contribution is -0.137. The molecule has 0 fully saturated rings. The van der Waals surface area contributed by atoms with Crippen LogP contribution in [0, 0.1) is 18.3 Å². The average Bonchev–Trinajstić information content (AvgIpc) is 3.56. The number of nitrogens with zero attached hydrogens (tertiary/aromatic N) is 4. The summed E-state index contributed by atoms with van der Waals surface area (Å²) in [6.45, 7) is 2.08. The number of aromatic nitrogens is 3. The highest BCUT2D eigenvalue weighted by Crippen LogP contribution is 2.40. The average molecular weight is 593 g/mol. The second-order valence-electron chi connectivity index (χ2n) is 11.2. The fourth-order valence-corrected chi connectivity index (χ4v) is 6.44. The minimum atomic E-state index is -4.46. The van der Waals surface area contributed by atoms with Gasteiger partial charge < -0.3 is 4.57 Å². The number of hydrogen-bond acceptors (Lipinski definition) is 2. The van der Waals surface area contributed by atoms with E-state index in [0.717, 1.165) is 55.8 Å². The van der Waals surface area contributed by atoms with Gasteiger partial charge in [-0.05, 0) is 73.2 Å². The predicted octanol–water partition coefficient (Wildman–Crippen LogP) is 10.1. The van der Waals surface area contributed by atoms with E-state index in [1.165, 1.54) is 12.1 Å². The molecule has 216 valence electrons. The number of hydrogen-bond donors (Lipinski definition) is 0. The predicted molar refractivity (Wildman–Crippen MR) is 173 cm³/mol. The number of benzene rings is 5. The highest BCUT2D eigenvalue weighted by molar-refractivity contribution is 6.11. The molecular formula is C38H23F3N4. The Balaban J connectivity index is 1.45. The van der Waals surface area contributed by atoms with E-state index in [-0.39, 0.29) is 0 Å². The van der Waals surface area contributed by atoms with Crippen LogP contribution in [0.3, 0.4) is 0 Å². The highest BCUT2D eigenvalue weighted by Gasteiger charge is 2.31. The Kier molecular flexibility index (Phi) is 5.84. The van der Waals surface area contributed by atoms with Crippen molar-refractivity contribution in [1.29, 1.82) is 5.26 Å². The summed E-state index contributed by atoms with van der Waals surface area (Å²) in [5, 5.41) is 12.9. The van der Waals surface area contributed by atoms with Crippen molar-refractivity contribution in [2.45, 2.75) is 13.1 Å². The maximum absolute atomic E-state index is 13.7. The van der Waals surface area contributed by atoms with Gasteiger partial charge in [0.2, 0.25) is 0 Å². The summed E-state index contributed by atoms with van der Waals surface area (Å²) in [7, 11) is 0. The quantitative estimate of drug-likeness (QED) is 0.205. The molecule has 45 heavy (non-hydrogen) atoms. The SMILES string of the molecule is Cc1ccc2c(c1)c1ccccc1n2-c1cnc(-n2c3ccccc3c3cc(C(F)(F)F)ccc32)cc1-c1ccc(C#N)cc1. The normalized spacial score (nSPS) is 12.0. The fourth-order valence-electron chi connectivity index (χ4n) is 6.44. The molecule has 5 aromatic carbocycles. The molecule has 0 amide bonds. The van der Waals surface area contributed by atoms with Crippen molar-refractivity contribution in [3.05, 3.63) is 138 Å². The molecule has 3 heterocycles. The van der Waals surface area contributed by atoms with E-state index >= 15 is 0 Å². The minimum absolute atomic E-state index is 0.504. The molecule has 8 aromatic rings. The Morgan fingerprint density at radius 1 is 0.644 bits per heavy atom. The van der Waals surface area contributed by atoms with Crippen LogP contribution < -0.4 is 0 Å². The molecule has 0 aliphatic heterocycles. The van der Waals surface area contributed by atoms with Crippen LogP contribution in [-0.4, -0.2) is 14.1 Å². The van der Waals surface area contributed by atoms with Gasteiger partial charge >= 0.3 is 6.18 Å². The van der Waals surface area contributed by atoms with E-state index in [0.29, 0.717) is 27.7 Å². The number of halogens is 3. The number of alkyl halides is 3. The Bertz CT molecular complexity index is 2490. The van der Waals surface area contributed by atoms with Crippen molar-refractivity contribution < 1.29 is 13.2 Å². The van der Waals surface area contributed by atoms with E-state index in [1.54, 1.807) is 12.1 Å². The van der Waals surface area contributed by atoms with Crippen LogP contribution in [0.15, 0.2) is 121 Å². The Morgan fingerprint density at radius 3 is 1.93 bits per heavy atom. The summed E-state index contributed by atoms with van der Waals surface area (Å²) in [5.74, 6) is 0.570. The van der Waals surface area contributed by atoms with Crippen LogP contribution in [0.2, 0.25) is 0 Å². The molecule has 0 N–H and O–H groups in total. The van der Waals surface area contributed by atoms with Crippen LogP contribution in [0.5, 0.6) is 0 Å². The zero-order valence-corrected chi connectivity index (χ0v) is 24.0. The van der Waals surface area contributed by atoms with E-state index in [4.69, 9.17) is 4.98 Å². The van der Waals surface area contributed by atoms with Gasteiger partial charge in [-0.25, -0.2) is 4.98 Å². The van der Waals surface area contributed by atoms with Crippen molar-refractivity contribution in [3.63, 3.8) is 0 Å². The maximum atomic E-state index is 13.7. The monoisotopic (exact) mass is 592 g/mol. The zero-order valence-electron chi connectivity index (χ0n) is 24.0. The summed E-state index contributed by atoms with van der Waals surface area (Å²) in [6, 6.07) is 37.5. The molecule has 3 aromatic heterocycles. The third-order valence-electron chi connectivity index (χ3n) is 8.49. The first kappa shape index (κ1) is 26.7. The first-order valence-corrected chi connectivity index (χ1v) is 14.4. The van der Waals surface area contributed by atoms with Gasteiger partial charge in [-0.1, -0.05) is 60.2 Å². The van der Waals surface area contributed by atoms with Gasteiger partial charge in [-0.2, -0.15) is 18.4 Å². The molecule has 8 rings (SSSR count). The second kappa shape index (κ2) is 9.83. The van der Waals surface area contributed by atoms with Gasteiger partial charge in [-0.3, -0.25) is 4.57 Å². The Labute approximate surface area is 255 Å². The number of aryl methyl sites for hydroxylation is 1. The lowest BCUT2D eigenvalue weighted by Crippen LogP contribution is -2.05. The molecular weight excluding hydrogens is 569 g/mol. The Hall–Kier alpha value is -5.87. The van der Waals surface area contributed by atoms with Gasteiger partial charge in [0, 0.05) is 27.1 Å². The lowest BCUT2D eigenvalue weighted by Gasteiger charge is -2.16. The first-order valence-electron chi connectivity index (χ1n) is 14.4. The fraction of sp³-hybridized carbons (Fsp3) is 0.0526. The van der Waals surface area contributed by atoms with Crippen molar-refractivity contribution in [1.82, 2.24) is 14.1 Å². The van der Waals surface area contributed by atoms with Gasteiger partial charge in [0.1, 0.15) is 5.82 Å². The third-order valence-corrected chi connectivity index (χ3v) is 8.49. The molecule has 0 aliphatic carbocycles. The molecule has 0 atom stereocenters. The number of rotatable bonds is 3. The van der Waals surface area contributed by atoms with Gasteiger partial charge in [0.25, 0.3) is 0 Å². The molecule has 0 radical (unpaired) electrons. The van der Waals surface area contributed by atoms with E-state index in [2.05, 4.69) is 47.9 Å². The van der Waals surface area contributed by atoms with Crippen LogP contribution in [-0.2, 0) is 6.18 Å². The Morgan fingerprint density at radius 2 is 1.24 bits per heavy atom. The standard InChI is InChI=1S/C38H23F3N4/c1-23-10-16-34-30(18-23)27-6-2-4-8-32(27)44(34)36-22-43-37(20-29(36)25-13-11-24(21-42)12-14-25)45-33-9-5-3-7-28(33)31-19-26(38(39,40)41)15-17-35(31)45/h2-20,22H,1H3. The van der Waals surface area contributed by atoms with Crippen molar-refractivity contribution in [2.24, 2.45) is 0 Å². The zero-order chi connectivity index (χ0) is 30.9. The van der Waals surface area contributed by atoms with Crippen molar-refractivity contribution >= 4 is 43.6 Å². The summed E-state index contributed by atoms with van der Waals surface area (Å²) < 4.78 is 45.3. The summed E-state index contributed by atoms with van der Waals surface area (Å²) >= 11 is 0. The number of fused-ring (bicyclic) bond motifs is 6. The molecule has 0 spiro atoms. The minimum Gasteiger partial charge on any atom is -0.307 e. The third kappa shape index (κ3) is 4.18. The topological polar surface area (TPSA) is 46.5 Å². The van der Waals surface area contributed by atoms with E-state index in [1.807, 2.05) is 65.4 Å². The summed E-state index contributed by atoms with van der Waals surface area (Å²) in [4.78, 5) is 4.97. The van der Waals surface area contributed by atoms with Crippen LogP contribution in [0.1, 0.15) is 16.7 Å². The second-order valence-corrected chi connectivity index (χ2v) is 11.2. The number of nitriles is 1. The smallest absolute Gasteiger partial charge is 0.307 e. The molecule has 0 unspecified atom stereocenters. The molecule has 0 saturated heterocycles.